The molecular formula is C12H14O2S. The molecule has 0 bridgehead atoms. The van der Waals surface area contributed by atoms with Crippen LogP contribution in [-0.4, -0.2) is 22.9 Å². The number of hydrogen-bond acceptors (Lipinski definition) is 3. The van der Waals surface area contributed by atoms with Gasteiger partial charge in [-0.25, -0.2) is 0 Å². The molecule has 2 unspecified atom stereocenters. The van der Waals surface area contributed by atoms with E-state index in [0.717, 1.165) is 29.8 Å². The molecule has 1 aromatic carbocycles. The molecule has 2 nitrogen and oxygen atoms in total. The number of thioether (sulfide) groups is 1. The maximum Gasteiger partial charge on any atom is 0.150 e. The number of aliphatic hydroxyl groups is 1. The van der Waals surface area contributed by atoms with Gasteiger partial charge in [0.2, 0.25) is 0 Å². The van der Waals surface area contributed by atoms with E-state index in [0.29, 0.717) is 11.5 Å². The fourth-order valence-corrected chi connectivity index (χ4v) is 3.18. The molecule has 0 spiro atoms. The van der Waals surface area contributed by atoms with Crippen LogP contribution in [0.3, 0.4) is 0 Å². The molecule has 1 aliphatic heterocycles. The monoisotopic (exact) mass is 222 g/mol. The maximum absolute atomic E-state index is 10.6. The van der Waals surface area contributed by atoms with Gasteiger partial charge in [0.15, 0.2) is 0 Å². The van der Waals surface area contributed by atoms with Gasteiger partial charge < -0.3 is 5.11 Å². The summed E-state index contributed by atoms with van der Waals surface area (Å²) in [7, 11) is 0. The summed E-state index contributed by atoms with van der Waals surface area (Å²) >= 11 is 1.89. The third-order valence-electron chi connectivity index (χ3n) is 2.80. The fourth-order valence-electron chi connectivity index (χ4n) is 1.89. The van der Waals surface area contributed by atoms with Gasteiger partial charge in [0.05, 0.1) is 6.10 Å². The standard InChI is InChI=1S/C12H14O2S/c13-7-9-2-1-3-10(6-9)12(14)11-4-5-15-8-11/h1-3,6-7,11-12,14H,4-5,8H2. The predicted octanol–water partition coefficient (Wildman–Crippen LogP) is 2.29. The van der Waals surface area contributed by atoms with Crippen LogP contribution in [0.1, 0.15) is 28.4 Å². The van der Waals surface area contributed by atoms with Crippen LogP contribution in [0.15, 0.2) is 24.3 Å². The molecule has 0 aliphatic carbocycles. The Hall–Kier alpha value is -0.800. The van der Waals surface area contributed by atoms with E-state index in [2.05, 4.69) is 0 Å². The molecule has 0 amide bonds. The average Bonchev–Trinajstić information content (AvgIpc) is 2.81. The molecular weight excluding hydrogens is 208 g/mol. The van der Waals surface area contributed by atoms with Gasteiger partial charge in [-0.15, -0.1) is 0 Å². The second-order valence-corrected chi connectivity index (χ2v) is 5.01. The summed E-state index contributed by atoms with van der Waals surface area (Å²) in [4.78, 5) is 10.6. The number of rotatable bonds is 3. The van der Waals surface area contributed by atoms with Crippen molar-refractivity contribution in [3.05, 3.63) is 35.4 Å². The Balaban J connectivity index is 2.16. The first-order chi connectivity index (χ1) is 7.31. The fraction of sp³-hybridized carbons (Fsp3) is 0.417. The predicted molar refractivity (Wildman–Crippen MR) is 62.2 cm³/mol. The van der Waals surface area contributed by atoms with Crippen LogP contribution in [0.25, 0.3) is 0 Å². The summed E-state index contributed by atoms with van der Waals surface area (Å²) in [5, 5.41) is 10.1. The van der Waals surface area contributed by atoms with Crippen molar-refractivity contribution in [1.82, 2.24) is 0 Å². The Labute approximate surface area is 93.7 Å². The van der Waals surface area contributed by atoms with Gasteiger partial charge in [-0.3, -0.25) is 4.79 Å². The molecule has 1 saturated heterocycles. The normalized spacial score (nSPS) is 22.6. The molecule has 3 heteroatoms. The molecule has 0 saturated carbocycles. The summed E-state index contributed by atoms with van der Waals surface area (Å²) in [6, 6.07) is 7.25. The van der Waals surface area contributed by atoms with E-state index in [1.165, 1.54) is 0 Å². The Bertz CT molecular complexity index is 345. The minimum atomic E-state index is -0.417. The molecule has 80 valence electrons. The number of carbonyl (C=O) groups is 1. The van der Waals surface area contributed by atoms with Gasteiger partial charge in [0.1, 0.15) is 6.29 Å². The van der Waals surface area contributed by atoms with Gasteiger partial charge in [-0.2, -0.15) is 11.8 Å². The Kier molecular flexibility index (Phi) is 3.44. The van der Waals surface area contributed by atoms with Crippen LogP contribution >= 0.6 is 11.8 Å². The van der Waals surface area contributed by atoms with Crippen LogP contribution < -0.4 is 0 Å². The van der Waals surface area contributed by atoms with Crippen LogP contribution in [0.4, 0.5) is 0 Å². The lowest BCUT2D eigenvalue weighted by Gasteiger charge is -2.17. The molecule has 0 aromatic heterocycles. The number of carbonyl (C=O) groups excluding carboxylic acids is 1. The first kappa shape index (κ1) is 10.7. The summed E-state index contributed by atoms with van der Waals surface area (Å²) in [6.07, 6.45) is 1.47. The number of hydrogen-bond donors (Lipinski definition) is 1. The highest BCUT2D eigenvalue weighted by Crippen LogP contribution is 2.34. The van der Waals surface area contributed by atoms with Crippen LogP contribution in [0, 0.1) is 5.92 Å². The minimum Gasteiger partial charge on any atom is -0.388 e. The van der Waals surface area contributed by atoms with E-state index in [-0.39, 0.29) is 0 Å². The van der Waals surface area contributed by atoms with Gasteiger partial charge in [-0.05, 0) is 35.5 Å². The lowest BCUT2D eigenvalue weighted by atomic mass is 9.94. The average molecular weight is 222 g/mol. The van der Waals surface area contributed by atoms with E-state index in [4.69, 9.17) is 0 Å². The van der Waals surface area contributed by atoms with Crippen molar-refractivity contribution in [2.75, 3.05) is 11.5 Å². The van der Waals surface area contributed by atoms with E-state index >= 15 is 0 Å². The number of aldehydes is 1. The zero-order valence-electron chi connectivity index (χ0n) is 8.43. The topological polar surface area (TPSA) is 37.3 Å². The highest BCUT2D eigenvalue weighted by atomic mass is 32.2. The summed E-state index contributed by atoms with van der Waals surface area (Å²) < 4.78 is 0. The molecule has 1 N–H and O–H groups in total. The van der Waals surface area contributed by atoms with Gasteiger partial charge in [0.25, 0.3) is 0 Å². The van der Waals surface area contributed by atoms with Crippen molar-refractivity contribution < 1.29 is 9.90 Å². The molecule has 1 aromatic rings. The van der Waals surface area contributed by atoms with Gasteiger partial charge >= 0.3 is 0 Å². The van der Waals surface area contributed by atoms with Crippen molar-refractivity contribution in [2.45, 2.75) is 12.5 Å². The maximum atomic E-state index is 10.6. The van der Waals surface area contributed by atoms with Gasteiger partial charge in [-0.1, -0.05) is 18.2 Å². The second-order valence-electron chi connectivity index (χ2n) is 3.86. The quantitative estimate of drug-likeness (QED) is 0.797. The Morgan fingerprint density at radius 3 is 3.07 bits per heavy atom. The highest BCUT2D eigenvalue weighted by Gasteiger charge is 2.24. The van der Waals surface area contributed by atoms with Crippen LogP contribution in [0.2, 0.25) is 0 Å². The van der Waals surface area contributed by atoms with Crippen molar-refractivity contribution >= 4 is 18.0 Å². The summed E-state index contributed by atoms with van der Waals surface area (Å²) in [6.45, 7) is 0. The first-order valence-electron chi connectivity index (χ1n) is 5.12. The van der Waals surface area contributed by atoms with E-state index in [1.807, 2.05) is 23.9 Å². The van der Waals surface area contributed by atoms with E-state index in [9.17, 15) is 9.90 Å². The van der Waals surface area contributed by atoms with Gasteiger partial charge in [0, 0.05) is 5.56 Å². The first-order valence-corrected chi connectivity index (χ1v) is 6.27. The molecule has 2 rings (SSSR count). The van der Waals surface area contributed by atoms with Crippen LogP contribution in [0.5, 0.6) is 0 Å². The molecule has 1 fully saturated rings. The Morgan fingerprint density at radius 1 is 1.53 bits per heavy atom. The smallest absolute Gasteiger partial charge is 0.150 e. The lowest BCUT2D eigenvalue weighted by molar-refractivity contribution is 0.112. The molecule has 15 heavy (non-hydrogen) atoms. The van der Waals surface area contributed by atoms with Crippen LogP contribution in [-0.2, 0) is 0 Å². The SMILES string of the molecule is O=Cc1cccc(C(O)C2CCSC2)c1. The van der Waals surface area contributed by atoms with Crippen molar-refractivity contribution in [2.24, 2.45) is 5.92 Å². The number of benzene rings is 1. The van der Waals surface area contributed by atoms with Crippen molar-refractivity contribution in [1.29, 1.82) is 0 Å². The number of aliphatic hydroxyl groups excluding tert-OH is 1. The Morgan fingerprint density at radius 2 is 2.40 bits per heavy atom. The largest absolute Gasteiger partial charge is 0.388 e. The summed E-state index contributed by atoms with van der Waals surface area (Å²) in [5.74, 6) is 2.50. The lowest BCUT2D eigenvalue weighted by Crippen LogP contribution is -2.11. The van der Waals surface area contributed by atoms with E-state index in [1.54, 1.807) is 12.1 Å². The van der Waals surface area contributed by atoms with Crippen molar-refractivity contribution in [3.63, 3.8) is 0 Å². The molecule has 0 radical (unpaired) electrons. The minimum absolute atomic E-state index is 0.344. The highest BCUT2D eigenvalue weighted by molar-refractivity contribution is 7.99. The second kappa shape index (κ2) is 4.81. The molecule has 2 atom stereocenters. The zero-order chi connectivity index (χ0) is 10.7. The van der Waals surface area contributed by atoms with E-state index < -0.39 is 6.10 Å². The molecule has 1 aliphatic rings. The molecule has 1 heterocycles. The summed E-state index contributed by atoms with van der Waals surface area (Å²) in [5.41, 5.74) is 1.50. The zero-order valence-corrected chi connectivity index (χ0v) is 9.24. The van der Waals surface area contributed by atoms with Crippen molar-refractivity contribution in [3.8, 4) is 0 Å². The third kappa shape index (κ3) is 2.41. The third-order valence-corrected chi connectivity index (χ3v) is 3.99.